The summed E-state index contributed by atoms with van der Waals surface area (Å²) in [6, 6.07) is 10.4. The maximum absolute atomic E-state index is 11.8. The molecular formula is C14H17N3O8S2. The molecule has 2 aromatic rings. The van der Waals surface area contributed by atoms with Gasteiger partial charge in [-0.15, -0.1) is 3.71 Å². The number of nitrogens with two attached hydrogens (primary N) is 1. The lowest BCUT2D eigenvalue weighted by molar-refractivity contribution is -0.384. The zero-order valence-corrected chi connectivity index (χ0v) is 15.8. The number of hydrogen-bond acceptors (Lipinski definition) is 8. The Hall–Kier alpha value is -2.74. The van der Waals surface area contributed by atoms with E-state index in [4.69, 9.17) is 4.74 Å². The number of sulfonamides is 1. The number of nitro groups is 1. The predicted molar refractivity (Wildman–Crippen MR) is 98.6 cm³/mol. The highest BCUT2D eigenvalue weighted by molar-refractivity contribution is 8.07. The fraction of sp³-hybridized carbons (Fsp3) is 0.143. The van der Waals surface area contributed by atoms with Gasteiger partial charge in [0.15, 0.2) is 5.75 Å². The number of non-ortho nitro benzene ring substituents is 1. The van der Waals surface area contributed by atoms with Crippen LogP contribution >= 0.6 is 0 Å². The molecule has 0 radical (unpaired) electrons. The van der Waals surface area contributed by atoms with Crippen LogP contribution in [0.25, 0.3) is 0 Å². The van der Waals surface area contributed by atoms with Crippen molar-refractivity contribution in [1.82, 2.24) is 0 Å². The van der Waals surface area contributed by atoms with Gasteiger partial charge in [0.05, 0.1) is 17.2 Å². The molecule has 2 aromatic carbocycles. The zero-order chi connectivity index (χ0) is 20.8. The molecule has 0 aromatic heterocycles. The van der Waals surface area contributed by atoms with Crippen molar-refractivity contribution < 1.29 is 31.0 Å². The first kappa shape index (κ1) is 22.3. The molecule has 148 valence electrons. The molecule has 0 amide bonds. The maximum atomic E-state index is 11.8. The van der Waals surface area contributed by atoms with Crippen molar-refractivity contribution in [2.45, 2.75) is 0 Å². The van der Waals surface area contributed by atoms with Crippen LogP contribution in [0.5, 0.6) is 11.5 Å². The zero-order valence-electron chi connectivity index (χ0n) is 14.2. The summed E-state index contributed by atoms with van der Waals surface area (Å²) in [6.45, 7) is 0. The van der Waals surface area contributed by atoms with Crippen molar-refractivity contribution in [3.8, 4) is 11.5 Å². The van der Waals surface area contributed by atoms with Gasteiger partial charge in [-0.05, 0) is 25.2 Å². The molecule has 0 aliphatic rings. The molecule has 27 heavy (non-hydrogen) atoms. The molecule has 0 atom stereocenters. The van der Waals surface area contributed by atoms with Crippen LogP contribution in [0.2, 0.25) is 0 Å². The van der Waals surface area contributed by atoms with Crippen LogP contribution in [-0.4, -0.2) is 39.6 Å². The summed E-state index contributed by atoms with van der Waals surface area (Å²) in [5, 5.41) is 10.9. The van der Waals surface area contributed by atoms with E-state index in [2.05, 4.69) is 5.73 Å². The number of nitro benzene ring substituents is 1. The third-order valence-corrected chi connectivity index (χ3v) is 5.63. The molecule has 2 rings (SSSR count). The van der Waals surface area contributed by atoms with E-state index in [0.717, 1.165) is 18.2 Å². The fourth-order valence-corrected chi connectivity index (χ4v) is 4.21. The van der Waals surface area contributed by atoms with E-state index in [1.165, 1.54) is 19.2 Å². The summed E-state index contributed by atoms with van der Waals surface area (Å²) in [7, 11) is -8.21. The Labute approximate surface area is 156 Å². The summed E-state index contributed by atoms with van der Waals surface area (Å²) in [6.07, 6.45) is 0.550. The second-order valence-electron chi connectivity index (χ2n) is 4.76. The van der Waals surface area contributed by atoms with E-state index in [0.29, 0.717) is 6.26 Å². The van der Waals surface area contributed by atoms with Crippen LogP contribution in [0.4, 0.5) is 11.4 Å². The molecule has 0 spiro atoms. The molecule has 13 heteroatoms. The average molecular weight is 419 g/mol. The van der Waals surface area contributed by atoms with Crippen LogP contribution < -0.4 is 14.2 Å². The van der Waals surface area contributed by atoms with Gasteiger partial charge in [-0.3, -0.25) is 14.7 Å². The van der Waals surface area contributed by atoms with Gasteiger partial charge in [0.25, 0.3) is 5.69 Å². The van der Waals surface area contributed by atoms with E-state index in [-0.39, 0.29) is 9.46 Å². The second-order valence-corrected chi connectivity index (χ2v) is 8.09. The number of benzene rings is 2. The summed E-state index contributed by atoms with van der Waals surface area (Å²) in [5.74, 6) is -0.267. The Morgan fingerprint density at radius 3 is 2.07 bits per heavy atom. The lowest BCUT2D eigenvalue weighted by Gasteiger charge is -2.20. The Balaban J connectivity index is 0.00000176. The minimum absolute atomic E-state index is 0.174. The average Bonchev–Trinajstić information content (AvgIpc) is 2.56. The highest BCUT2D eigenvalue weighted by atomic mass is 32.3. The van der Waals surface area contributed by atoms with E-state index in [1.54, 1.807) is 18.2 Å². The van der Waals surface area contributed by atoms with Crippen LogP contribution in [-0.2, 0) is 20.3 Å². The summed E-state index contributed by atoms with van der Waals surface area (Å²) in [5.41, 5.74) is 3.44. The van der Waals surface area contributed by atoms with Crippen LogP contribution in [0.1, 0.15) is 0 Å². The topological polar surface area (TPSA) is 170 Å². The minimum Gasteiger partial charge on any atom is -0.455 e. The Bertz CT molecular complexity index is 976. The molecule has 11 nitrogen and oxygen atoms in total. The molecule has 0 saturated carbocycles. The SMILES string of the molecule is CN.CS(=O)(=O)N(c1ccc([N+](=O)[O-])cc1Oc1ccccc1)S(=O)(=O)O. The Morgan fingerprint density at radius 1 is 1.07 bits per heavy atom. The minimum atomic E-state index is -5.23. The quantitative estimate of drug-likeness (QED) is 0.400. The first-order valence-corrected chi connectivity index (χ1v) is 10.3. The Kier molecular flexibility index (Phi) is 7.24. The van der Waals surface area contributed by atoms with Crippen molar-refractivity contribution >= 4 is 31.7 Å². The van der Waals surface area contributed by atoms with Crippen molar-refractivity contribution in [3.63, 3.8) is 0 Å². The highest BCUT2D eigenvalue weighted by Crippen LogP contribution is 2.37. The molecule has 0 heterocycles. The fourth-order valence-electron chi connectivity index (χ4n) is 1.94. The van der Waals surface area contributed by atoms with Gasteiger partial charge in [-0.1, -0.05) is 18.2 Å². The van der Waals surface area contributed by atoms with E-state index >= 15 is 0 Å². The monoisotopic (exact) mass is 419 g/mol. The standard InChI is InChI=1S/C13H12N2O8S2.CH5N/c1-24(18,19)15(25(20,21)22)12-8-7-10(14(16)17)9-13(12)23-11-5-3-2-4-6-11;1-2/h2-9H,1H3,(H,20,21,22);2H2,1H3. The van der Waals surface area contributed by atoms with Gasteiger partial charge in [0.2, 0.25) is 10.0 Å². The molecule has 0 aliphatic heterocycles. The van der Waals surface area contributed by atoms with Gasteiger partial charge in [-0.25, -0.2) is 8.42 Å². The first-order valence-electron chi connectivity index (χ1n) is 7.07. The maximum Gasteiger partial charge on any atom is 0.373 e. The number of hydrogen-bond donors (Lipinski definition) is 2. The summed E-state index contributed by atoms with van der Waals surface area (Å²) >= 11 is 0. The smallest absolute Gasteiger partial charge is 0.373 e. The van der Waals surface area contributed by atoms with Crippen LogP contribution in [0.15, 0.2) is 48.5 Å². The predicted octanol–water partition coefficient (Wildman–Crippen LogP) is 1.53. The van der Waals surface area contributed by atoms with Gasteiger partial charge in [-0.2, -0.15) is 8.42 Å². The first-order chi connectivity index (χ1) is 12.5. The van der Waals surface area contributed by atoms with E-state index in [1.807, 2.05) is 0 Å². The molecular weight excluding hydrogens is 402 g/mol. The van der Waals surface area contributed by atoms with Crippen molar-refractivity contribution in [2.75, 3.05) is 17.0 Å². The molecule has 0 saturated heterocycles. The van der Waals surface area contributed by atoms with Crippen LogP contribution in [0, 0.1) is 10.1 Å². The van der Waals surface area contributed by atoms with Gasteiger partial charge in [0.1, 0.15) is 11.4 Å². The number of anilines is 1. The lowest BCUT2D eigenvalue weighted by Crippen LogP contribution is -2.35. The van der Waals surface area contributed by atoms with Crippen LogP contribution in [0.3, 0.4) is 0 Å². The van der Waals surface area contributed by atoms with Crippen molar-refractivity contribution in [2.24, 2.45) is 5.73 Å². The lowest BCUT2D eigenvalue weighted by atomic mass is 10.2. The second kappa shape index (κ2) is 8.77. The highest BCUT2D eigenvalue weighted by Gasteiger charge is 2.33. The molecule has 0 fully saturated rings. The van der Waals surface area contributed by atoms with Crippen molar-refractivity contribution in [3.05, 3.63) is 58.6 Å². The molecule has 0 bridgehead atoms. The Morgan fingerprint density at radius 2 is 1.63 bits per heavy atom. The van der Waals surface area contributed by atoms with Crippen molar-refractivity contribution in [1.29, 1.82) is 0 Å². The summed E-state index contributed by atoms with van der Waals surface area (Å²) < 4.78 is 61.0. The largest absolute Gasteiger partial charge is 0.455 e. The van der Waals surface area contributed by atoms with Gasteiger partial charge < -0.3 is 10.5 Å². The molecule has 3 N–H and O–H groups in total. The number of rotatable bonds is 6. The molecule has 0 aliphatic carbocycles. The third-order valence-electron chi connectivity index (χ3n) is 2.83. The molecule has 0 unspecified atom stereocenters. The third kappa shape index (κ3) is 5.89. The van der Waals surface area contributed by atoms with E-state index in [9.17, 15) is 31.5 Å². The van der Waals surface area contributed by atoms with Gasteiger partial charge in [0, 0.05) is 6.07 Å². The normalized spacial score (nSPS) is 11.1. The van der Waals surface area contributed by atoms with E-state index < -0.39 is 42.4 Å². The number of nitrogens with zero attached hydrogens (tertiary/aromatic N) is 2. The number of ether oxygens (including phenoxy) is 1. The van der Waals surface area contributed by atoms with Gasteiger partial charge >= 0.3 is 10.3 Å². The number of para-hydroxylation sites is 1. The summed E-state index contributed by atoms with van der Waals surface area (Å²) in [4.78, 5) is 10.2.